The van der Waals surface area contributed by atoms with Crippen molar-refractivity contribution in [1.29, 1.82) is 0 Å². The molecule has 0 saturated carbocycles. The quantitative estimate of drug-likeness (QED) is 0.584. The Labute approximate surface area is 159 Å². The first-order valence-electron chi connectivity index (χ1n) is 8.07. The van der Waals surface area contributed by atoms with Crippen LogP contribution in [0.5, 0.6) is 0 Å². The topological polar surface area (TPSA) is 60.1 Å². The van der Waals surface area contributed by atoms with E-state index in [1.807, 2.05) is 0 Å². The normalized spacial score (nSPS) is 11.9. The number of nitrogens with one attached hydrogen (secondary N) is 1. The number of alkyl halides is 5. The third-order valence-corrected chi connectivity index (χ3v) is 4.10. The van der Waals surface area contributed by atoms with E-state index in [2.05, 4.69) is 14.8 Å². The van der Waals surface area contributed by atoms with Crippen LogP contribution in [0.15, 0.2) is 34.9 Å². The van der Waals surface area contributed by atoms with Crippen LogP contribution in [0.4, 0.5) is 32.0 Å². The average molecular weight is 417 g/mol. The third-order valence-electron chi connectivity index (χ3n) is 4.10. The van der Waals surface area contributed by atoms with Gasteiger partial charge in [-0.2, -0.15) is 18.3 Å². The molecule has 1 N–H and O–H groups in total. The second-order valence-electron chi connectivity index (χ2n) is 6.14. The number of anilines is 1. The number of benzene rings is 1. The number of carbonyl (C=O) groups excluding carboxylic acids is 1. The lowest BCUT2D eigenvalue weighted by molar-refractivity contribution is -0.141. The van der Waals surface area contributed by atoms with Crippen LogP contribution in [0.25, 0.3) is 11.3 Å². The molecule has 2 heterocycles. The number of amides is 1. The summed E-state index contributed by atoms with van der Waals surface area (Å²) in [6.07, 6.45) is -6.71. The Bertz CT molecular complexity index is 1070. The van der Waals surface area contributed by atoms with Crippen molar-refractivity contribution in [3.63, 3.8) is 0 Å². The molecular formula is C18H13F6N3O2. The van der Waals surface area contributed by atoms with Crippen molar-refractivity contribution in [3.8, 4) is 11.3 Å². The van der Waals surface area contributed by atoms with Gasteiger partial charge in [0.1, 0.15) is 5.82 Å². The summed E-state index contributed by atoms with van der Waals surface area (Å²) in [5, 5.41) is 5.58. The molecule has 29 heavy (non-hydrogen) atoms. The summed E-state index contributed by atoms with van der Waals surface area (Å²) >= 11 is 0. The summed E-state index contributed by atoms with van der Waals surface area (Å²) in [6, 6.07) is 3.94. The number of carbonyl (C=O) groups is 1. The Morgan fingerprint density at radius 2 is 1.93 bits per heavy atom. The van der Waals surface area contributed by atoms with E-state index in [1.165, 1.54) is 20.0 Å². The summed E-state index contributed by atoms with van der Waals surface area (Å²) in [5.41, 5.74) is -1.76. The Hall–Kier alpha value is -3.24. The maximum atomic E-state index is 14.5. The van der Waals surface area contributed by atoms with E-state index in [-0.39, 0.29) is 28.1 Å². The van der Waals surface area contributed by atoms with Crippen molar-refractivity contribution in [2.75, 3.05) is 5.32 Å². The van der Waals surface area contributed by atoms with Gasteiger partial charge in [-0.05, 0) is 31.2 Å². The number of rotatable bonds is 4. The zero-order valence-corrected chi connectivity index (χ0v) is 14.9. The number of aromatic nitrogens is 2. The molecule has 3 rings (SSSR count). The van der Waals surface area contributed by atoms with E-state index < -0.39 is 35.8 Å². The number of furan rings is 1. The van der Waals surface area contributed by atoms with E-state index in [0.717, 1.165) is 23.1 Å². The van der Waals surface area contributed by atoms with E-state index in [0.29, 0.717) is 6.07 Å². The SMILES string of the molecule is Cc1coc(C(F)F)c1C(=O)Nc1ccc(-c2cc(C(F)(F)F)nn2C)c(F)c1. The summed E-state index contributed by atoms with van der Waals surface area (Å²) in [7, 11) is 1.23. The molecule has 0 aliphatic rings. The van der Waals surface area contributed by atoms with Gasteiger partial charge in [-0.15, -0.1) is 0 Å². The van der Waals surface area contributed by atoms with Crippen molar-refractivity contribution in [2.45, 2.75) is 19.5 Å². The summed E-state index contributed by atoms with van der Waals surface area (Å²) in [4.78, 5) is 12.3. The maximum absolute atomic E-state index is 14.5. The van der Waals surface area contributed by atoms with Gasteiger partial charge in [-0.3, -0.25) is 9.48 Å². The van der Waals surface area contributed by atoms with Crippen LogP contribution in [0.3, 0.4) is 0 Å². The highest BCUT2D eigenvalue weighted by molar-refractivity contribution is 6.06. The molecule has 5 nitrogen and oxygen atoms in total. The predicted octanol–water partition coefficient (Wildman–Crippen LogP) is 5.34. The standard InChI is InChI=1S/C18H13F6N3O2/c1-8-7-29-15(16(20)21)14(8)17(28)25-9-3-4-10(11(19)5-9)12-6-13(18(22,23)24)26-27(12)2/h3-7,16H,1-2H3,(H,25,28). The molecule has 3 aromatic rings. The highest BCUT2D eigenvalue weighted by atomic mass is 19.4. The van der Waals surface area contributed by atoms with Gasteiger partial charge < -0.3 is 9.73 Å². The predicted molar refractivity (Wildman–Crippen MR) is 90.0 cm³/mol. The molecule has 0 atom stereocenters. The molecule has 0 radical (unpaired) electrons. The average Bonchev–Trinajstić information content (AvgIpc) is 3.18. The first kappa shape index (κ1) is 20.5. The minimum Gasteiger partial charge on any atom is -0.462 e. The van der Waals surface area contributed by atoms with Gasteiger partial charge >= 0.3 is 6.18 Å². The highest BCUT2D eigenvalue weighted by Crippen LogP contribution is 2.33. The minimum atomic E-state index is -4.69. The zero-order chi connectivity index (χ0) is 21.5. The van der Waals surface area contributed by atoms with Crippen molar-refractivity contribution < 1.29 is 35.6 Å². The molecule has 11 heteroatoms. The molecule has 0 aliphatic carbocycles. The summed E-state index contributed by atoms with van der Waals surface area (Å²) < 4.78 is 84.3. The largest absolute Gasteiger partial charge is 0.462 e. The molecule has 2 aromatic heterocycles. The molecular weight excluding hydrogens is 404 g/mol. The Morgan fingerprint density at radius 1 is 1.24 bits per heavy atom. The van der Waals surface area contributed by atoms with Gasteiger partial charge in [-0.25, -0.2) is 13.2 Å². The molecule has 0 bridgehead atoms. The van der Waals surface area contributed by atoms with Crippen LogP contribution >= 0.6 is 0 Å². The molecule has 1 amide bonds. The number of hydrogen-bond acceptors (Lipinski definition) is 3. The van der Waals surface area contributed by atoms with Crippen LogP contribution in [-0.2, 0) is 13.2 Å². The van der Waals surface area contributed by atoms with Gasteiger partial charge in [0.15, 0.2) is 11.5 Å². The molecule has 0 spiro atoms. The van der Waals surface area contributed by atoms with E-state index in [9.17, 15) is 31.1 Å². The lowest BCUT2D eigenvalue weighted by atomic mass is 10.1. The van der Waals surface area contributed by atoms with E-state index in [4.69, 9.17) is 0 Å². The first-order chi connectivity index (χ1) is 13.5. The number of halogens is 6. The van der Waals surface area contributed by atoms with Crippen LogP contribution in [0.1, 0.15) is 33.8 Å². The Morgan fingerprint density at radius 3 is 2.48 bits per heavy atom. The van der Waals surface area contributed by atoms with E-state index >= 15 is 0 Å². The smallest absolute Gasteiger partial charge is 0.435 e. The lowest BCUT2D eigenvalue weighted by Gasteiger charge is -2.09. The van der Waals surface area contributed by atoms with Gasteiger partial charge in [-0.1, -0.05) is 0 Å². The van der Waals surface area contributed by atoms with Crippen LogP contribution in [-0.4, -0.2) is 15.7 Å². The second kappa shape index (κ2) is 7.30. The molecule has 1 aromatic carbocycles. The van der Waals surface area contributed by atoms with Crippen LogP contribution in [0.2, 0.25) is 0 Å². The number of nitrogens with zero attached hydrogens (tertiary/aromatic N) is 2. The van der Waals surface area contributed by atoms with Gasteiger partial charge in [0.25, 0.3) is 12.3 Å². The molecule has 0 unspecified atom stereocenters. The van der Waals surface area contributed by atoms with Crippen molar-refractivity contribution in [2.24, 2.45) is 7.05 Å². The van der Waals surface area contributed by atoms with Crippen molar-refractivity contribution in [3.05, 3.63) is 58.9 Å². The Kier molecular flexibility index (Phi) is 5.16. The van der Waals surface area contributed by atoms with Gasteiger partial charge in [0.2, 0.25) is 0 Å². The third kappa shape index (κ3) is 3.98. The van der Waals surface area contributed by atoms with Crippen molar-refractivity contribution in [1.82, 2.24) is 9.78 Å². The van der Waals surface area contributed by atoms with E-state index in [1.54, 1.807) is 0 Å². The van der Waals surface area contributed by atoms with Gasteiger partial charge in [0, 0.05) is 23.9 Å². The summed E-state index contributed by atoms with van der Waals surface area (Å²) in [6.45, 7) is 1.40. The van der Waals surface area contributed by atoms with Gasteiger partial charge in [0.05, 0.1) is 17.5 Å². The molecule has 154 valence electrons. The maximum Gasteiger partial charge on any atom is 0.435 e. The zero-order valence-electron chi connectivity index (χ0n) is 14.9. The fourth-order valence-electron chi connectivity index (χ4n) is 2.77. The molecule has 0 aliphatic heterocycles. The fraction of sp³-hybridized carbons (Fsp3) is 0.222. The molecule has 0 fully saturated rings. The monoisotopic (exact) mass is 417 g/mol. The number of hydrogen-bond donors (Lipinski definition) is 1. The highest BCUT2D eigenvalue weighted by Gasteiger charge is 2.35. The van der Waals surface area contributed by atoms with Crippen molar-refractivity contribution >= 4 is 11.6 Å². The Balaban J connectivity index is 1.89. The second-order valence-corrected chi connectivity index (χ2v) is 6.14. The van der Waals surface area contributed by atoms with Crippen LogP contribution in [0, 0.1) is 12.7 Å². The number of aryl methyl sites for hydroxylation is 2. The minimum absolute atomic E-state index is 0.0738. The van der Waals surface area contributed by atoms with Crippen LogP contribution < -0.4 is 5.32 Å². The lowest BCUT2D eigenvalue weighted by Crippen LogP contribution is -2.14. The fourth-order valence-corrected chi connectivity index (χ4v) is 2.77. The molecule has 0 saturated heterocycles. The first-order valence-corrected chi connectivity index (χ1v) is 8.07. The summed E-state index contributed by atoms with van der Waals surface area (Å²) in [5.74, 6) is -2.68.